The van der Waals surface area contributed by atoms with Crippen LogP contribution in [0.4, 0.5) is 11.4 Å². The Bertz CT molecular complexity index is 670. The molecule has 0 spiro atoms. The minimum absolute atomic E-state index is 0.0910. The van der Waals surface area contributed by atoms with E-state index in [1.807, 2.05) is 25.1 Å². The average Bonchev–Trinajstić information content (AvgIpc) is 2.44. The molecule has 2 rings (SSSR count). The Balaban J connectivity index is 2.00. The summed E-state index contributed by atoms with van der Waals surface area (Å²) in [5, 5.41) is 6.81. The van der Waals surface area contributed by atoms with Gasteiger partial charge < -0.3 is 15.4 Å². The number of amides is 1. The lowest BCUT2D eigenvalue weighted by atomic mass is 10.2. The molecular weight excluding hydrogens is 323 g/mol. The van der Waals surface area contributed by atoms with Gasteiger partial charge in [0.1, 0.15) is 5.75 Å². The Kier molecular flexibility index (Phi) is 5.52. The van der Waals surface area contributed by atoms with Crippen molar-refractivity contribution in [1.29, 1.82) is 0 Å². The van der Waals surface area contributed by atoms with Gasteiger partial charge in [-0.15, -0.1) is 0 Å². The van der Waals surface area contributed by atoms with Gasteiger partial charge in [-0.2, -0.15) is 0 Å². The lowest BCUT2D eigenvalue weighted by Gasteiger charge is -2.12. The zero-order valence-electron chi connectivity index (χ0n) is 12.2. The zero-order chi connectivity index (χ0) is 16.1. The van der Waals surface area contributed by atoms with Gasteiger partial charge in [-0.1, -0.05) is 29.3 Å². The van der Waals surface area contributed by atoms with Crippen LogP contribution in [0.25, 0.3) is 0 Å². The maximum atomic E-state index is 12.0. The van der Waals surface area contributed by atoms with Crippen LogP contribution in [-0.4, -0.2) is 19.6 Å². The first kappa shape index (κ1) is 16.5. The molecule has 0 heterocycles. The summed E-state index contributed by atoms with van der Waals surface area (Å²) < 4.78 is 5.23. The smallest absolute Gasteiger partial charge is 0.243 e. The fraction of sp³-hybridized carbons (Fsp3) is 0.188. The van der Waals surface area contributed by atoms with Crippen LogP contribution >= 0.6 is 23.2 Å². The van der Waals surface area contributed by atoms with Crippen LogP contribution in [0.2, 0.25) is 10.0 Å². The van der Waals surface area contributed by atoms with Crippen LogP contribution in [0.3, 0.4) is 0 Å². The van der Waals surface area contributed by atoms with E-state index in [0.717, 1.165) is 5.56 Å². The van der Waals surface area contributed by atoms with E-state index in [1.54, 1.807) is 25.3 Å². The van der Waals surface area contributed by atoms with Crippen LogP contribution in [0, 0.1) is 6.92 Å². The fourth-order valence-corrected chi connectivity index (χ4v) is 2.48. The molecule has 2 aromatic rings. The van der Waals surface area contributed by atoms with Crippen LogP contribution in [0.1, 0.15) is 5.56 Å². The summed E-state index contributed by atoms with van der Waals surface area (Å²) in [7, 11) is 1.56. The molecule has 0 saturated carbocycles. The molecule has 6 heteroatoms. The van der Waals surface area contributed by atoms with E-state index in [1.165, 1.54) is 0 Å². The number of nitrogens with one attached hydrogen (secondary N) is 2. The first-order valence-electron chi connectivity index (χ1n) is 6.62. The number of ether oxygens (including phenoxy) is 1. The van der Waals surface area contributed by atoms with Gasteiger partial charge in [-0.3, -0.25) is 4.79 Å². The predicted molar refractivity (Wildman–Crippen MR) is 91.3 cm³/mol. The molecule has 0 fully saturated rings. The Morgan fingerprint density at radius 1 is 1.14 bits per heavy atom. The second-order valence-corrected chi connectivity index (χ2v) is 5.64. The predicted octanol–water partition coefficient (Wildman–Crippen LogP) is 4.36. The third kappa shape index (κ3) is 4.55. The fourth-order valence-electron chi connectivity index (χ4n) is 1.95. The number of carbonyl (C=O) groups excluding carboxylic acids is 1. The van der Waals surface area contributed by atoms with Gasteiger partial charge >= 0.3 is 0 Å². The van der Waals surface area contributed by atoms with Crippen molar-refractivity contribution < 1.29 is 9.53 Å². The summed E-state index contributed by atoms with van der Waals surface area (Å²) in [4.78, 5) is 12.0. The van der Waals surface area contributed by atoms with Crippen molar-refractivity contribution in [3.63, 3.8) is 0 Å². The lowest BCUT2D eigenvalue weighted by Crippen LogP contribution is -2.22. The lowest BCUT2D eigenvalue weighted by molar-refractivity contribution is -0.114. The van der Waals surface area contributed by atoms with Crippen LogP contribution in [0.15, 0.2) is 36.4 Å². The molecule has 4 nitrogen and oxygen atoms in total. The molecule has 0 aliphatic heterocycles. The maximum Gasteiger partial charge on any atom is 0.243 e. The summed E-state index contributed by atoms with van der Waals surface area (Å²) in [6, 6.07) is 10.6. The van der Waals surface area contributed by atoms with Crippen molar-refractivity contribution in [2.24, 2.45) is 0 Å². The van der Waals surface area contributed by atoms with Crippen LogP contribution in [-0.2, 0) is 4.79 Å². The third-order valence-corrected chi connectivity index (χ3v) is 3.38. The van der Waals surface area contributed by atoms with Gasteiger partial charge in [0.05, 0.1) is 19.3 Å². The van der Waals surface area contributed by atoms with Gasteiger partial charge in [0.2, 0.25) is 5.91 Å². The number of hydrogen-bond donors (Lipinski definition) is 2. The quantitative estimate of drug-likeness (QED) is 0.851. The standard InChI is InChI=1S/C16H16Cl2N2O2/c1-10-3-4-15(22-2)14(5-10)20-16(21)9-19-13-7-11(17)6-12(18)8-13/h3-8,19H,9H2,1-2H3,(H,20,21). The highest BCUT2D eigenvalue weighted by atomic mass is 35.5. The molecular formula is C16H16Cl2N2O2. The van der Waals surface area contributed by atoms with Crippen molar-refractivity contribution in [3.8, 4) is 5.75 Å². The van der Waals surface area contributed by atoms with E-state index in [-0.39, 0.29) is 12.5 Å². The number of aryl methyl sites for hydroxylation is 1. The second kappa shape index (κ2) is 7.38. The molecule has 0 saturated heterocycles. The van der Waals surface area contributed by atoms with E-state index < -0.39 is 0 Å². The van der Waals surface area contributed by atoms with E-state index >= 15 is 0 Å². The second-order valence-electron chi connectivity index (χ2n) is 4.76. The minimum atomic E-state index is -0.194. The Hall–Kier alpha value is -1.91. The molecule has 0 aliphatic rings. The van der Waals surface area contributed by atoms with Gasteiger partial charge in [-0.25, -0.2) is 0 Å². The van der Waals surface area contributed by atoms with Gasteiger partial charge in [0.25, 0.3) is 0 Å². The largest absolute Gasteiger partial charge is 0.495 e. The number of benzene rings is 2. The molecule has 0 unspecified atom stereocenters. The number of rotatable bonds is 5. The van der Waals surface area contributed by atoms with Crippen LogP contribution < -0.4 is 15.4 Å². The first-order chi connectivity index (χ1) is 10.5. The highest BCUT2D eigenvalue weighted by Gasteiger charge is 2.08. The van der Waals surface area contributed by atoms with Crippen molar-refractivity contribution in [1.82, 2.24) is 0 Å². The Labute approximate surface area is 139 Å². The molecule has 0 bridgehead atoms. The highest BCUT2D eigenvalue weighted by molar-refractivity contribution is 6.35. The molecule has 22 heavy (non-hydrogen) atoms. The Morgan fingerprint density at radius 2 is 1.82 bits per heavy atom. The minimum Gasteiger partial charge on any atom is -0.495 e. The van der Waals surface area contributed by atoms with Crippen molar-refractivity contribution in [2.75, 3.05) is 24.3 Å². The number of halogens is 2. The average molecular weight is 339 g/mol. The van der Waals surface area contributed by atoms with Crippen LogP contribution in [0.5, 0.6) is 5.75 Å². The van der Waals surface area contributed by atoms with Gasteiger partial charge in [-0.05, 0) is 42.8 Å². The van der Waals surface area contributed by atoms with E-state index in [9.17, 15) is 4.79 Å². The summed E-state index contributed by atoms with van der Waals surface area (Å²) in [6.07, 6.45) is 0. The van der Waals surface area contributed by atoms with E-state index in [2.05, 4.69) is 10.6 Å². The van der Waals surface area contributed by atoms with E-state index in [0.29, 0.717) is 27.2 Å². The molecule has 116 valence electrons. The number of carbonyl (C=O) groups is 1. The molecule has 2 aromatic carbocycles. The molecule has 1 amide bonds. The number of hydrogen-bond acceptors (Lipinski definition) is 3. The first-order valence-corrected chi connectivity index (χ1v) is 7.38. The topological polar surface area (TPSA) is 50.4 Å². The van der Waals surface area contributed by atoms with Crippen molar-refractivity contribution in [2.45, 2.75) is 6.92 Å². The summed E-state index contributed by atoms with van der Waals surface area (Å²) >= 11 is 11.8. The number of anilines is 2. The zero-order valence-corrected chi connectivity index (χ0v) is 13.8. The normalized spacial score (nSPS) is 10.2. The van der Waals surface area contributed by atoms with Gasteiger partial charge in [0, 0.05) is 15.7 Å². The summed E-state index contributed by atoms with van der Waals surface area (Å²) in [6.45, 7) is 2.04. The molecule has 0 aliphatic carbocycles. The summed E-state index contributed by atoms with van der Waals surface area (Å²) in [5.41, 5.74) is 2.35. The molecule has 0 radical (unpaired) electrons. The number of methoxy groups -OCH3 is 1. The monoisotopic (exact) mass is 338 g/mol. The van der Waals surface area contributed by atoms with E-state index in [4.69, 9.17) is 27.9 Å². The maximum absolute atomic E-state index is 12.0. The molecule has 0 aromatic heterocycles. The Morgan fingerprint density at radius 3 is 2.45 bits per heavy atom. The highest BCUT2D eigenvalue weighted by Crippen LogP contribution is 2.25. The SMILES string of the molecule is COc1ccc(C)cc1NC(=O)CNc1cc(Cl)cc(Cl)c1. The van der Waals surface area contributed by atoms with Gasteiger partial charge in [0.15, 0.2) is 0 Å². The molecule has 0 atom stereocenters. The third-order valence-electron chi connectivity index (χ3n) is 2.94. The van der Waals surface area contributed by atoms with Crippen molar-refractivity contribution in [3.05, 3.63) is 52.0 Å². The van der Waals surface area contributed by atoms with Crippen molar-refractivity contribution >= 4 is 40.5 Å². The summed E-state index contributed by atoms with van der Waals surface area (Å²) in [5.74, 6) is 0.421. The molecule has 2 N–H and O–H groups in total.